The number of Topliss-reactive ketones (excluding diaryl/α,β-unsaturated/α-hetero) is 1. The van der Waals surface area contributed by atoms with Gasteiger partial charge in [-0.1, -0.05) is 63.2 Å². The molecule has 0 saturated heterocycles. The topological polar surface area (TPSA) is 55.2 Å². The molecule has 0 N–H and O–H groups in total. The molecule has 3 aromatic rings. The summed E-state index contributed by atoms with van der Waals surface area (Å²) in [6, 6.07) is 17.9. The summed E-state index contributed by atoms with van der Waals surface area (Å²) < 4.78 is 0. The normalized spacial score (nSPS) is 20.4. The number of aliphatic imine (C=N–C) groups is 1. The summed E-state index contributed by atoms with van der Waals surface area (Å²) in [7, 11) is 0. The van der Waals surface area contributed by atoms with Crippen LogP contribution < -0.4 is 0 Å². The Morgan fingerprint density at radius 2 is 1.62 bits per heavy atom. The number of rotatable bonds is 5. The third-order valence-electron chi connectivity index (χ3n) is 6.15. The van der Waals surface area contributed by atoms with E-state index in [-0.39, 0.29) is 5.92 Å². The van der Waals surface area contributed by atoms with E-state index >= 15 is 0 Å². The first-order valence-electron chi connectivity index (χ1n) is 11.3. The van der Waals surface area contributed by atoms with Crippen molar-refractivity contribution in [3.8, 4) is 11.4 Å². The Balaban J connectivity index is 1.45. The van der Waals surface area contributed by atoms with Crippen LogP contribution in [0.15, 0.2) is 77.6 Å². The van der Waals surface area contributed by atoms with Gasteiger partial charge < -0.3 is 0 Å². The molecule has 4 nitrogen and oxygen atoms in total. The molecule has 0 amide bonds. The van der Waals surface area contributed by atoms with Crippen LogP contribution in [0.1, 0.15) is 44.7 Å². The van der Waals surface area contributed by atoms with Crippen molar-refractivity contribution >= 4 is 23.8 Å². The van der Waals surface area contributed by atoms with Crippen molar-refractivity contribution in [3.63, 3.8) is 0 Å². The quantitative estimate of drug-likeness (QED) is 0.345. The van der Waals surface area contributed by atoms with E-state index < -0.39 is 0 Å². The van der Waals surface area contributed by atoms with E-state index in [1.807, 2.05) is 54.6 Å². The first-order valence-corrected chi connectivity index (χ1v) is 11.3. The molecule has 4 heteroatoms. The Morgan fingerprint density at radius 3 is 2.28 bits per heavy atom. The molecule has 1 aliphatic carbocycles. The number of ketones is 1. The van der Waals surface area contributed by atoms with Gasteiger partial charge >= 0.3 is 0 Å². The molecule has 4 rings (SSSR count). The van der Waals surface area contributed by atoms with E-state index in [0.717, 1.165) is 40.8 Å². The first kappa shape index (κ1) is 21.8. The van der Waals surface area contributed by atoms with Gasteiger partial charge in [0.2, 0.25) is 0 Å². The number of hydrogen-bond acceptors (Lipinski definition) is 4. The average Bonchev–Trinajstić information content (AvgIpc) is 2.82. The minimum Gasteiger partial charge on any atom is -0.294 e. The third kappa shape index (κ3) is 5.08. The Morgan fingerprint density at radius 1 is 0.938 bits per heavy atom. The van der Waals surface area contributed by atoms with Gasteiger partial charge in [0.25, 0.3) is 0 Å². The van der Waals surface area contributed by atoms with Crippen molar-refractivity contribution in [1.29, 1.82) is 0 Å². The minimum absolute atomic E-state index is 0.150. The molecular weight excluding hydrogens is 394 g/mol. The van der Waals surface area contributed by atoms with Gasteiger partial charge in [-0.3, -0.25) is 9.79 Å². The zero-order valence-electron chi connectivity index (χ0n) is 18.9. The molecule has 1 saturated carbocycles. The van der Waals surface area contributed by atoms with Crippen molar-refractivity contribution in [1.82, 2.24) is 9.97 Å². The zero-order chi connectivity index (χ0) is 22.5. The van der Waals surface area contributed by atoms with E-state index in [2.05, 4.69) is 41.8 Å². The molecule has 162 valence electrons. The molecule has 32 heavy (non-hydrogen) atoms. The van der Waals surface area contributed by atoms with E-state index in [9.17, 15) is 4.79 Å². The van der Waals surface area contributed by atoms with Crippen LogP contribution in [0, 0.1) is 17.8 Å². The Labute approximate surface area is 190 Å². The second kappa shape index (κ2) is 9.82. The van der Waals surface area contributed by atoms with Crippen LogP contribution in [-0.4, -0.2) is 22.0 Å². The molecule has 2 atom stereocenters. The summed E-state index contributed by atoms with van der Waals surface area (Å²) in [6.07, 6.45) is 9.46. The highest BCUT2D eigenvalue weighted by Crippen LogP contribution is 2.35. The van der Waals surface area contributed by atoms with Gasteiger partial charge in [-0.15, -0.1) is 0 Å². The van der Waals surface area contributed by atoms with E-state index in [1.54, 1.807) is 18.6 Å². The van der Waals surface area contributed by atoms with Gasteiger partial charge in [-0.25, -0.2) is 9.97 Å². The van der Waals surface area contributed by atoms with Crippen LogP contribution in [0.4, 0.5) is 5.69 Å². The fourth-order valence-corrected chi connectivity index (χ4v) is 4.15. The number of benzene rings is 2. The second-order valence-corrected chi connectivity index (χ2v) is 8.85. The number of aromatic nitrogens is 2. The molecule has 1 fully saturated rings. The monoisotopic (exact) mass is 423 g/mol. The molecule has 1 aliphatic rings. The summed E-state index contributed by atoms with van der Waals surface area (Å²) in [4.78, 5) is 26.3. The highest BCUT2D eigenvalue weighted by Gasteiger charge is 2.32. The number of hydrogen-bond donors (Lipinski definition) is 0. The molecule has 0 aliphatic heterocycles. The lowest BCUT2D eigenvalue weighted by Gasteiger charge is -2.30. The molecule has 0 unspecified atom stereocenters. The van der Waals surface area contributed by atoms with Crippen molar-refractivity contribution in [2.24, 2.45) is 22.7 Å². The van der Waals surface area contributed by atoms with Gasteiger partial charge in [0.1, 0.15) is 0 Å². The Hall–Kier alpha value is -3.40. The van der Waals surface area contributed by atoms with E-state index in [4.69, 9.17) is 0 Å². The number of carbonyl (C=O) groups excluding carboxylic acids is 1. The van der Waals surface area contributed by atoms with Gasteiger partial charge in [-0.05, 0) is 54.0 Å². The largest absolute Gasteiger partial charge is 0.294 e. The highest BCUT2D eigenvalue weighted by molar-refractivity contribution is 6.02. The SMILES string of the molecule is CC(C)[C@@H]1CC[C@H](C)/C(=C/c2ccc(N=Cc3cnc(-c4ccccc4)nc3)cc2)C1=O. The van der Waals surface area contributed by atoms with Crippen molar-refractivity contribution < 1.29 is 4.79 Å². The first-order chi connectivity index (χ1) is 15.5. The van der Waals surface area contributed by atoms with Crippen molar-refractivity contribution in [2.45, 2.75) is 33.6 Å². The highest BCUT2D eigenvalue weighted by atomic mass is 16.1. The predicted molar refractivity (Wildman–Crippen MR) is 131 cm³/mol. The molecule has 0 radical (unpaired) electrons. The van der Waals surface area contributed by atoms with Gasteiger partial charge in [0.05, 0.1) is 5.69 Å². The third-order valence-corrected chi connectivity index (χ3v) is 6.15. The van der Waals surface area contributed by atoms with Crippen LogP contribution in [-0.2, 0) is 4.79 Å². The van der Waals surface area contributed by atoms with Crippen LogP contribution in [0.5, 0.6) is 0 Å². The van der Waals surface area contributed by atoms with E-state index in [0.29, 0.717) is 23.4 Å². The Bertz CT molecular complexity index is 1110. The van der Waals surface area contributed by atoms with Crippen LogP contribution in [0.2, 0.25) is 0 Å². The van der Waals surface area contributed by atoms with Gasteiger partial charge in [0.15, 0.2) is 11.6 Å². The van der Waals surface area contributed by atoms with Crippen molar-refractivity contribution in [2.75, 3.05) is 0 Å². The zero-order valence-corrected chi connectivity index (χ0v) is 18.9. The Kier molecular flexibility index (Phi) is 6.69. The summed E-state index contributed by atoms with van der Waals surface area (Å²) >= 11 is 0. The molecular formula is C28H29N3O. The molecule has 0 bridgehead atoms. The van der Waals surface area contributed by atoms with Crippen LogP contribution in [0.25, 0.3) is 17.5 Å². The lowest BCUT2D eigenvalue weighted by molar-refractivity contribution is -0.122. The van der Waals surface area contributed by atoms with Crippen LogP contribution in [0.3, 0.4) is 0 Å². The molecule has 1 aromatic heterocycles. The molecule has 2 aromatic carbocycles. The standard InChI is InChI=1S/C28H29N3O/c1-19(2)25-14-9-20(3)26(27(25)32)15-21-10-12-24(13-11-21)29-16-22-17-30-28(31-18-22)23-7-5-4-6-8-23/h4-8,10-13,15-20,25H,9,14H2,1-3H3/b26-15-,29-16?/t20-,25-/m0/s1. The number of carbonyl (C=O) groups is 1. The van der Waals surface area contributed by atoms with E-state index in [1.165, 1.54) is 0 Å². The fraction of sp³-hybridized carbons (Fsp3) is 0.286. The predicted octanol–water partition coefficient (Wildman–Crippen LogP) is 6.55. The lowest BCUT2D eigenvalue weighted by atomic mass is 9.73. The maximum Gasteiger partial charge on any atom is 0.162 e. The maximum atomic E-state index is 12.9. The number of allylic oxidation sites excluding steroid dienone is 1. The molecule has 0 spiro atoms. The summed E-state index contributed by atoms with van der Waals surface area (Å²) in [5.41, 5.74) is 4.69. The van der Waals surface area contributed by atoms with Gasteiger partial charge in [0, 0.05) is 35.7 Å². The summed E-state index contributed by atoms with van der Waals surface area (Å²) in [6.45, 7) is 6.44. The van der Waals surface area contributed by atoms with Gasteiger partial charge in [-0.2, -0.15) is 0 Å². The smallest absolute Gasteiger partial charge is 0.162 e. The molecule has 1 heterocycles. The maximum absolute atomic E-state index is 12.9. The summed E-state index contributed by atoms with van der Waals surface area (Å²) in [5.74, 6) is 1.87. The summed E-state index contributed by atoms with van der Waals surface area (Å²) in [5, 5.41) is 0. The fourth-order valence-electron chi connectivity index (χ4n) is 4.15. The average molecular weight is 424 g/mol. The minimum atomic E-state index is 0.150. The van der Waals surface area contributed by atoms with Crippen LogP contribution >= 0.6 is 0 Å². The van der Waals surface area contributed by atoms with Crippen molar-refractivity contribution in [3.05, 3.63) is 83.7 Å². The second-order valence-electron chi connectivity index (χ2n) is 8.85. The number of nitrogens with zero attached hydrogens (tertiary/aromatic N) is 3. The lowest BCUT2D eigenvalue weighted by Crippen LogP contribution is -2.30.